The van der Waals surface area contributed by atoms with E-state index in [4.69, 9.17) is 0 Å². The van der Waals surface area contributed by atoms with Crippen molar-refractivity contribution in [1.29, 1.82) is 0 Å². The minimum atomic E-state index is -4.71. The molecule has 0 aromatic rings. The van der Waals surface area contributed by atoms with Crippen LogP contribution < -0.4 is 5.32 Å². The van der Waals surface area contributed by atoms with E-state index in [-0.39, 0.29) is 30.6 Å². The molecule has 0 fully saturated rings. The fourth-order valence-electron chi connectivity index (χ4n) is 1.82. The molecule has 0 saturated heterocycles. The molecule has 6 heteroatoms. The van der Waals surface area contributed by atoms with E-state index in [1.54, 1.807) is 13.8 Å². The molecule has 3 nitrogen and oxygen atoms in total. The predicted octanol–water partition coefficient (Wildman–Crippen LogP) is 4.59. The van der Waals surface area contributed by atoms with Crippen molar-refractivity contribution in [3.05, 3.63) is 24.3 Å². The zero-order valence-electron chi connectivity index (χ0n) is 15.1. The molecule has 0 saturated carbocycles. The van der Waals surface area contributed by atoms with E-state index in [1.165, 1.54) is 6.08 Å². The van der Waals surface area contributed by atoms with Gasteiger partial charge in [0, 0.05) is 13.0 Å². The van der Waals surface area contributed by atoms with E-state index in [0.29, 0.717) is 6.42 Å². The summed E-state index contributed by atoms with van der Waals surface area (Å²) < 4.78 is 39.4. The molecule has 0 spiro atoms. The second-order valence-electron chi connectivity index (χ2n) is 7.90. The number of amides is 1. The van der Waals surface area contributed by atoms with E-state index in [2.05, 4.69) is 11.9 Å². The third kappa shape index (κ3) is 9.53. The van der Waals surface area contributed by atoms with Crippen molar-refractivity contribution in [3.8, 4) is 0 Å². The molecule has 0 aromatic heterocycles. The first kappa shape index (κ1) is 22.4. The van der Waals surface area contributed by atoms with Crippen LogP contribution in [-0.2, 0) is 9.59 Å². The molecule has 0 aromatic carbocycles. The van der Waals surface area contributed by atoms with Crippen LogP contribution in [0.25, 0.3) is 0 Å². The van der Waals surface area contributed by atoms with Crippen LogP contribution in [-0.4, -0.2) is 24.4 Å². The fourth-order valence-corrected chi connectivity index (χ4v) is 1.82. The standard InChI is InChI=1S/C18H28F3NO2/c1-7-13(23)8-10-17(5,6)11-9-14(18(19,20)21)15(24)22-12-16(2,3)4/h7,9H,1,8,10-12H2,2-6H3,(H,22,24). The Labute approximate surface area is 142 Å². The van der Waals surface area contributed by atoms with E-state index >= 15 is 0 Å². The van der Waals surface area contributed by atoms with Crippen molar-refractivity contribution in [1.82, 2.24) is 5.32 Å². The number of halogens is 3. The number of ketones is 1. The summed E-state index contributed by atoms with van der Waals surface area (Å²) in [7, 11) is 0. The molecule has 1 N–H and O–H groups in total. The Morgan fingerprint density at radius 3 is 2.04 bits per heavy atom. The Balaban J connectivity index is 5.05. The first-order valence-corrected chi connectivity index (χ1v) is 7.89. The van der Waals surface area contributed by atoms with Gasteiger partial charge in [-0.25, -0.2) is 0 Å². The Bertz CT molecular complexity index is 497. The minimum Gasteiger partial charge on any atom is -0.352 e. The van der Waals surface area contributed by atoms with E-state index in [1.807, 2.05) is 20.8 Å². The van der Waals surface area contributed by atoms with Crippen LogP contribution in [0.3, 0.4) is 0 Å². The largest absolute Gasteiger partial charge is 0.421 e. The first-order valence-electron chi connectivity index (χ1n) is 7.89. The molecule has 0 aliphatic heterocycles. The molecular formula is C18H28F3NO2. The summed E-state index contributed by atoms with van der Waals surface area (Å²) in [6.07, 6.45) is -1.89. The first-order chi connectivity index (χ1) is 10.7. The summed E-state index contributed by atoms with van der Waals surface area (Å²) in [5.74, 6) is -1.26. The Kier molecular flexibility index (Phi) is 7.93. The number of hydrogen-bond acceptors (Lipinski definition) is 2. The van der Waals surface area contributed by atoms with Crippen molar-refractivity contribution < 1.29 is 22.8 Å². The lowest BCUT2D eigenvalue weighted by Crippen LogP contribution is -2.37. The van der Waals surface area contributed by atoms with Crippen molar-refractivity contribution in [3.63, 3.8) is 0 Å². The smallest absolute Gasteiger partial charge is 0.352 e. The molecule has 0 rings (SSSR count). The summed E-state index contributed by atoms with van der Waals surface area (Å²) in [6.45, 7) is 12.5. The van der Waals surface area contributed by atoms with Crippen molar-refractivity contribution in [2.24, 2.45) is 10.8 Å². The molecule has 138 valence electrons. The number of rotatable bonds is 8. The average Bonchev–Trinajstić information content (AvgIpc) is 2.40. The number of allylic oxidation sites excluding steroid dienone is 2. The van der Waals surface area contributed by atoms with Gasteiger partial charge in [-0.2, -0.15) is 13.2 Å². The SMILES string of the molecule is C=CC(=O)CCC(C)(C)CC=C(C(=O)NCC(C)(C)C)C(F)(F)F. The summed E-state index contributed by atoms with van der Waals surface area (Å²) in [5.41, 5.74) is -2.02. The Hall–Kier alpha value is -1.59. The van der Waals surface area contributed by atoms with Gasteiger partial charge in [-0.3, -0.25) is 9.59 Å². The third-order valence-electron chi connectivity index (χ3n) is 3.46. The number of carbonyl (C=O) groups is 2. The molecule has 0 aliphatic rings. The van der Waals surface area contributed by atoms with Crippen LogP contribution in [0.15, 0.2) is 24.3 Å². The third-order valence-corrected chi connectivity index (χ3v) is 3.46. The van der Waals surface area contributed by atoms with Gasteiger partial charge in [0.2, 0.25) is 0 Å². The van der Waals surface area contributed by atoms with Gasteiger partial charge in [0.1, 0.15) is 5.57 Å². The van der Waals surface area contributed by atoms with E-state index < -0.39 is 23.1 Å². The van der Waals surface area contributed by atoms with Gasteiger partial charge in [0.05, 0.1) is 0 Å². The molecule has 0 bridgehead atoms. The van der Waals surface area contributed by atoms with Gasteiger partial charge in [0.25, 0.3) is 5.91 Å². The minimum absolute atomic E-state index is 0.0508. The van der Waals surface area contributed by atoms with Crippen LogP contribution in [0.4, 0.5) is 13.2 Å². The lowest BCUT2D eigenvalue weighted by molar-refractivity contribution is -0.131. The molecule has 0 heterocycles. The highest BCUT2D eigenvalue weighted by atomic mass is 19.4. The quantitative estimate of drug-likeness (QED) is 0.653. The zero-order valence-corrected chi connectivity index (χ0v) is 15.1. The van der Waals surface area contributed by atoms with Gasteiger partial charge < -0.3 is 5.32 Å². The molecule has 0 radical (unpaired) electrons. The second-order valence-corrected chi connectivity index (χ2v) is 7.90. The monoisotopic (exact) mass is 347 g/mol. The van der Waals surface area contributed by atoms with Gasteiger partial charge in [0.15, 0.2) is 5.78 Å². The summed E-state index contributed by atoms with van der Waals surface area (Å²) in [4.78, 5) is 23.2. The predicted molar refractivity (Wildman–Crippen MR) is 89.4 cm³/mol. The lowest BCUT2D eigenvalue weighted by Gasteiger charge is -2.24. The molecular weight excluding hydrogens is 319 g/mol. The highest BCUT2D eigenvalue weighted by molar-refractivity contribution is 5.94. The highest BCUT2D eigenvalue weighted by Crippen LogP contribution is 2.32. The maximum Gasteiger partial charge on any atom is 0.421 e. The Morgan fingerprint density at radius 2 is 1.62 bits per heavy atom. The molecule has 0 unspecified atom stereocenters. The van der Waals surface area contributed by atoms with Crippen molar-refractivity contribution in [2.45, 2.75) is 60.1 Å². The van der Waals surface area contributed by atoms with E-state index in [9.17, 15) is 22.8 Å². The summed E-state index contributed by atoms with van der Waals surface area (Å²) >= 11 is 0. The van der Waals surface area contributed by atoms with Crippen LogP contribution in [0.5, 0.6) is 0 Å². The van der Waals surface area contributed by atoms with Gasteiger partial charge in [-0.1, -0.05) is 47.3 Å². The maximum absolute atomic E-state index is 13.1. The maximum atomic E-state index is 13.1. The van der Waals surface area contributed by atoms with Crippen LogP contribution in [0.1, 0.15) is 53.9 Å². The van der Waals surface area contributed by atoms with E-state index in [0.717, 1.165) is 6.08 Å². The summed E-state index contributed by atoms with van der Waals surface area (Å²) in [6, 6.07) is 0. The van der Waals surface area contributed by atoms with Crippen LogP contribution in [0, 0.1) is 10.8 Å². The van der Waals surface area contributed by atoms with Crippen molar-refractivity contribution >= 4 is 11.7 Å². The van der Waals surface area contributed by atoms with Crippen LogP contribution in [0.2, 0.25) is 0 Å². The molecule has 24 heavy (non-hydrogen) atoms. The fraction of sp³-hybridized carbons (Fsp3) is 0.667. The van der Waals surface area contributed by atoms with Gasteiger partial charge >= 0.3 is 6.18 Å². The zero-order chi connectivity index (χ0) is 19.2. The number of carbonyl (C=O) groups excluding carboxylic acids is 2. The molecule has 1 amide bonds. The van der Waals surface area contributed by atoms with Crippen molar-refractivity contribution in [2.75, 3.05) is 6.54 Å². The normalized spacial score (nSPS) is 13.6. The molecule has 0 aliphatic carbocycles. The topological polar surface area (TPSA) is 46.2 Å². The van der Waals surface area contributed by atoms with Crippen LogP contribution >= 0.6 is 0 Å². The number of hydrogen-bond donors (Lipinski definition) is 1. The lowest BCUT2D eigenvalue weighted by atomic mass is 9.83. The molecule has 0 atom stereocenters. The second kappa shape index (κ2) is 8.49. The number of alkyl halides is 3. The average molecular weight is 347 g/mol. The number of nitrogens with one attached hydrogen (secondary N) is 1. The van der Waals surface area contributed by atoms with Gasteiger partial charge in [-0.15, -0.1) is 0 Å². The summed E-state index contributed by atoms with van der Waals surface area (Å²) in [5, 5.41) is 2.33. The Morgan fingerprint density at radius 1 is 1.08 bits per heavy atom. The highest BCUT2D eigenvalue weighted by Gasteiger charge is 2.39. The van der Waals surface area contributed by atoms with Gasteiger partial charge in [-0.05, 0) is 29.7 Å².